The highest BCUT2D eigenvalue weighted by atomic mass is 16.5. The van der Waals surface area contributed by atoms with E-state index in [4.69, 9.17) is 4.74 Å². The fraction of sp³-hybridized carbons (Fsp3) is 0.643. The predicted molar refractivity (Wildman–Crippen MR) is 74.8 cm³/mol. The maximum absolute atomic E-state index is 12.4. The first-order chi connectivity index (χ1) is 9.84. The van der Waals surface area contributed by atoms with Crippen LogP contribution in [0.1, 0.15) is 29.8 Å². The fourth-order valence-corrected chi connectivity index (χ4v) is 2.69. The number of carbonyl (C=O) groups is 1. The second-order valence-corrected chi connectivity index (χ2v) is 5.21. The van der Waals surface area contributed by atoms with Crippen molar-refractivity contribution in [2.45, 2.75) is 19.3 Å². The molecule has 0 saturated carbocycles. The number of rotatable bonds is 2. The van der Waals surface area contributed by atoms with Crippen LogP contribution < -0.4 is 4.90 Å². The van der Waals surface area contributed by atoms with E-state index in [1.54, 1.807) is 0 Å². The van der Waals surface area contributed by atoms with Crippen LogP contribution >= 0.6 is 0 Å². The van der Waals surface area contributed by atoms with Crippen LogP contribution in [0.3, 0.4) is 0 Å². The molecule has 3 heterocycles. The number of ether oxygens (including phenoxy) is 1. The minimum atomic E-state index is 0.0293. The Kier molecular flexibility index (Phi) is 4.11. The molecular formula is C14H20N4O2. The van der Waals surface area contributed by atoms with Crippen molar-refractivity contribution < 1.29 is 9.53 Å². The molecule has 0 unspecified atom stereocenters. The highest BCUT2D eigenvalue weighted by Gasteiger charge is 2.21. The lowest BCUT2D eigenvalue weighted by atomic mass is 10.1. The minimum Gasteiger partial charge on any atom is -0.378 e. The molecule has 1 amide bonds. The van der Waals surface area contributed by atoms with Gasteiger partial charge < -0.3 is 14.5 Å². The van der Waals surface area contributed by atoms with Crippen molar-refractivity contribution in [1.82, 2.24) is 14.9 Å². The number of nitrogens with zero attached hydrogens (tertiary/aromatic N) is 4. The van der Waals surface area contributed by atoms with Gasteiger partial charge in [-0.05, 0) is 19.3 Å². The second-order valence-electron chi connectivity index (χ2n) is 5.21. The highest BCUT2D eigenvalue weighted by Crippen LogP contribution is 2.16. The Balaban J connectivity index is 1.74. The SMILES string of the molecule is O=C(c1cc(N2CCOCC2)ncn1)N1CCCCC1. The Labute approximate surface area is 118 Å². The van der Waals surface area contributed by atoms with Crippen LogP contribution in [0, 0.1) is 0 Å². The quantitative estimate of drug-likeness (QED) is 0.804. The molecule has 1 aromatic heterocycles. The first-order valence-electron chi connectivity index (χ1n) is 7.28. The van der Waals surface area contributed by atoms with Crippen molar-refractivity contribution >= 4 is 11.7 Å². The third-order valence-electron chi connectivity index (χ3n) is 3.85. The van der Waals surface area contributed by atoms with Gasteiger partial charge in [-0.3, -0.25) is 4.79 Å². The lowest BCUT2D eigenvalue weighted by Crippen LogP contribution is -2.38. The summed E-state index contributed by atoms with van der Waals surface area (Å²) >= 11 is 0. The van der Waals surface area contributed by atoms with E-state index in [1.807, 2.05) is 11.0 Å². The van der Waals surface area contributed by atoms with Gasteiger partial charge in [-0.25, -0.2) is 9.97 Å². The van der Waals surface area contributed by atoms with Gasteiger partial charge in [-0.1, -0.05) is 0 Å². The number of piperidine rings is 1. The maximum atomic E-state index is 12.4. The molecule has 2 fully saturated rings. The van der Waals surface area contributed by atoms with Gasteiger partial charge in [0.2, 0.25) is 0 Å². The monoisotopic (exact) mass is 276 g/mol. The molecule has 108 valence electrons. The number of carbonyl (C=O) groups excluding carboxylic acids is 1. The molecule has 20 heavy (non-hydrogen) atoms. The van der Waals surface area contributed by atoms with Crippen LogP contribution in [0.15, 0.2) is 12.4 Å². The average molecular weight is 276 g/mol. The summed E-state index contributed by atoms with van der Waals surface area (Å²) in [5, 5.41) is 0. The van der Waals surface area contributed by atoms with Crippen molar-refractivity contribution in [2.24, 2.45) is 0 Å². The maximum Gasteiger partial charge on any atom is 0.272 e. The van der Waals surface area contributed by atoms with Crippen LogP contribution in [-0.4, -0.2) is 60.2 Å². The molecular weight excluding hydrogens is 256 g/mol. The number of anilines is 1. The molecule has 0 radical (unpaired) electrons. The zero-order chi connectivity index (χ0) is 13.8. The standard InChI is InChI=1S/C14H20N4O2/c19-14(18-4-2-1-3-5-18)12-10-13(16-11-15-12)17-6-8-20-9-7-17/h10-11H,1-9H2. The van der Waals surface area contributed by atoms with Gasteiger partial charge >= 0.3 is 0 Å². The van der Waals surface area contributed by atoms with Crippen LogP contribution in [0.4, 0.5) is 5.82 Å². The Morgan fingerprint density at radius 1 is 1.05 bits per heavy atom. The Bertz CT molecular complexity index is 468. The van der Waals surface area contributed by atoms with Crippen molar-refractivity contribution in [3.05, 3.63) is 18.1 Å². The summed E-state index contributed by atoms with van der Waals surface area (Å²) < 4.78 is 5.33. The molecule has 6 nitrogen and oxygen atoms in total. The van der Waals surface area contributed by atoms with E-state index in [2.05, 4.69) is 14.9 Å². The van der Waals surface area contributed by atoms with Crippen molar-refractivity contribution in [2.75, 3.05) is 44.3 Å². The molecule has 0 aliphatic carbocycles. The Morgan fingerprint density at radius 3 is 2.55 bits per heavy atom. The topological polar surface area (TPSA) is 58.6 Å². The molecule has 1 aromatic rings. The number of amides is 1. The lowest BCUT2D eigenvalue weighted by molar-refractivity contribution is 0.0718. The van der Waals surface area contributed by atoms with Crippen molar-refractivity contribution in [3.8, 4) is 0 Å². The van der Waals surface area contributed by atoms with Gasteiger partial charge in [0.25, 0.3) is 5.91 Å². The van der Waals surface area contributed by atoms with Gasteiger partial charge in [0.05, 0.1) is 13.2 Å². The van der Waals surface area contributed by atoms with E-state index in [-0.39, 0.29) is 5.91 Å². The zero-order valence-electron chi connectivity index (χ0n) is 11.6. The van der Waals surface area contributed by atoms with E-state index >= 15 is 0 Å². The minimum absolute atomic E-state index is 0.0293. The van der Waals surface area contributed by atoms with Gasteiger partial charge in [0, 0.05) is 32.2 Å². The van der Waals surface area contributed by atoms with Gasteiger partial charge in [-0.2, -0.15) is 0 Å². The number of likely N-dealkylation sites (tertiary alicyclic amines) is 1. The van der Waals surface area contributed by atoms with Crippen LogP contribution in [-0.2, 0) is 4.74 Å². The molecule has 2 saturated heterocycles. The molecule has 0 atom stereocenters. The Morgan fingerprint density at radius 2 is 1.80 bits per heavy atom. The van der Waals surface area contributed by atoms with Crippen molar-refractivity contribution in [3.63, 3.8) is 0 Å². The lowest BCUT2D eigenvalue weighted by Gasteiger charge is -2.29. The summed E-state index contributed by atoms with van der Waals surface area (Å²) in [6.07, 6.45) is 4.88. The summed E-state index contributed by atoms with van der Waals surface area (Å²) in [6.45, 7) is 4.73. The first-order valence-corrected chi connectivity index (χ1v) is 7.28. The summed E-state index contributed by atoms with van der Waals surface area (Å²) in [4.78, 5) is 24.9. The summed E-state index contributed by atoms with van der Waals surface area (Å²) in [5.74, 6) is 0.852. The largest absolute Gasteiger partial charge is 0.378 e. The molecule has 6 heteroatoms. The third kappa shape index (κ3) is 2.90. The van der Waals surface area contributed by atoms with Gasteiger partial charge in [-0.15, -0.1) is 0 Å². The number of hydrogen-bond donors (Lipinski definition) is 0. The number of aromatic nitrogens is 2. The fourth-order valence-electron chi connectivity index (χ4n) is 2.69. The normalized spacial score (nSPS) is 20.0. The van der Waals surface area contributed by atoms with Crippen LogP contribution in [0.5, 0.6) is 0 Å². The second kappa shape index (κ2) is 6.17. The van der Waals surface area contributed by atoms with Crippen LogP contribution in [0.25, 0.3) is 0 Å². The van der Waals surface area contributed by atoms with E-state index in [9.17, 15) is 4.79 Å². The molecule has 2 aliphatic rings. The number of hydrogen-bond acceptors (Lipinski definition) is 5. The van der Waals surface area contributed by atoms with E-state index in [1.165, 1.54) is 12.7 Å². The Hall–Kier alpha value is -1.69. The molecule has 0 aromatic carbocycles. The third-order valence-corrected chi connectivity index (χ3v) is 3.85. The molecule has 0 bridgehead atoms. The zero-order valence-corrected chi connectivity index (χ0v) is 11.6. The number of morpholine rings is 1. The van der Waals surface area contributed by atoms with E-state index < -0.39 is 0 Å². The molecule has 3 rings (SSSR count). The summed E-state index contributed by atoms with van der Waals surface area (Å²) in [5.41, 5.74) is 0.503. The summed E-state index contributed by atoms with van der Waals surface area (Å²) in [7, 11) is 0. The molecule has 0 spiro atoms. The van der Waals surface area contributed by atoms with Crippen LogP contribution in [0.2, 0.25) is 0 Å². The first kappa shape index (κ1) is 13.3. The average Bonchev–Trinajstić information content (AvgIpc) is 2.56. The molecule has 0 N–H and O–H groups in total. The smallest absolute Gasteiger partial charge is 0.272 e. The van der Waals surface area contributed by atoms with E-state index in [0.29, 0.717) is 18.9 Å². The van der Waals surface area contributed by atoms with Gasteiger partial charge in [0.15, 0.2) is 0 Å². The predicted octanol–water partition coefficient (Wildman–Crippen LogP) is 0.939. The molecule has 2 aliphatic heterocycles. The van der Waals surface area contributed by atoms with Gasteiger partial charge in [0.1, 0.15) is 17.8 Å². The van der Waals surface area contributed by atoms with E-state index in [0.717, 1.165) is 44.8 Å². The van der Waals surface area contributed by atoms with Crippen molar-refractivity contribution in [1.29, 1.82) is 0 Å². The summed E-state index contributed by atoms with van der Waals surface area (Å²) in [6, 6.07) is 1.81. The highest BCUT2D eigenvalue weighted by molar-refractivity contribution is 5.93.